The predicted octanol–water partition coefficient (Wildman–Crippen LogP) is 0.0325. The van der Waals surface area contributed by atoms with Gasteiger partial charge in [-0.15, -0.1) is 24.0 Å². The number of rotatable bonds is 7. The SMILES string of the molecule is CCNC(=NCC(=O)N(C)C)NCCCn1nc2n(c1=O)CCCC2.I. The first-order valence-corrected chi connectivity index (χ1v) is 8.91. The van der Waals surface area contributed by atoms with Gasteiger partial charge in [0, 0.05) is 46.7 Å². The van der Waals surface area contributed by atoms with Crippen molar-refractivity contribution in [3.63, 3.8) is 0 Å². The summed E-state index contributed by atoms with van der Waals surface area (Å²) in [5.74, 6) is 1.46. The van der Waals surface area contributed by atoms with Crippen LogP contribution in [-0.4, -0.2) is 64.8 Å². The van der Waals surface area contributed by atoms with Gasteiger partial charge in [0.2, 0.25) is 5.91 Å². The minimum atomic E-state index is -0.0488. The van der Waals surface area contributed by atoms with Crippen LogP contribution in [0.5, 0.6) is 0 Å². The van der Waals surface area contributed by atoms with E-state index in [0.717, 1.165) is 44.6 Å². The Morgan fingerprint density at radius 3 is 2.73 bits per heavy atom. The molecule has 0 aliphatic carbocycles. The molecule has 0 spiro atoms. The van der Waals surface area contributed by atoms with Gasteiger partial charge >= 0.3 is 5.69 Å². The van der Waals surface area contributed by atoms with Crippen molar-refractivity contribution in [2.75, 3.05) is 33.7 Å². The number of hydrogen-bond acceptors (Lipinski definition) is 4. The molecule has 26 heavy (non-hydrogen) atoms. The van der Waals surface area contributed by atoms with E-state index in [1.165, 1.54) is 4.90 Å². The fraction of sp³-hybridized carbons (Fsp3) is 0.750. The minimum Gasteiger partial charge on any atom is -0.357 e. The van der Waals surface area contributed by atoms with E-state index in [1.807, 2.05) is 6.92 Å². The number of nitrogens with zero attached hydrogens (tertiary/aromatic N) is 5. The molecule has 0 bridgehead atoms. The molecule has 0 atom stereocenters. The lowest BCUT2D eigenvalue weighted by Crippen LogP contribution is -2.39. The van der Waals surface area contributed by atoms with Crippen LogP contribution < -0.4 is 16.3 Å². The zero-order chi connectivity index (χ0) is 18.2. The summed E-state index contributed by atoms with van der Waals surface area (Å²) < 4.78 is 3.34. The van der Waals surface area contributed by atoms with E-state index >= 15 is 0 Å². The molecule has 1 aromatic rings. The van der Waals surface area contributed by atoms with Gasteiger partial charge in [-0.2, -0.15) is 5.10 Å². The Labute approximate surface area is 171 Å². The van der Waals surface area contributed by atoms with Crippen molar-refractivity contribution in [3.05, 3.63) is 16.3 Å². The summed E-state index contributed by atoms with van der Waals surface area (Å²) in [6, 6.07) is 0. The van der Waals surface area contributed by atoms with Crippen LogP contribution in [-0.2, 0) is 24.3 Å². The fourth-order valence-corrected chi connectivity index (χ4v) is 2.66. The molecule has 0 unspecified atom stereocenters. The first-order chi connectivity index (χ1) is 12.0. The van der Waals surface area contributed by atoms with Crippen LogP contribution in [0.4, 0.5) is 0 Å². The van der Waals surface area contributed by atoms with Crippen LogP contribution in [0.2, 0.25) is 0 Å². The average molecular weight is 479 g/mol. The van der Waals surface area contributed by atoms with Crippen molar-refractivity contribution in [1.29, 1.82) is 0 Å². The van der Waals surface area contributed by atoms with Crippen molar-refractivity contribution < 1.29 is 4.79 Å². The van der Waals surface area contributed by atoms with E-state index in [4.69, 9.17) is 0 Å². The monoisotopic (exact) mass is 479 g/mol. The molecule has 2 rings (SSSR count). The van der Waals surface area contributed by atoms with Crippen LogP contribution in [0.1, 0.15) is 32.0 Å². The summed E-state index contributed by atoms with van der Waals surface area (Å²) in [5, 5.41) is 10.7. The standard InChI is InChI=1S/C16H29N7O2.HI/c1-4-17-15(19-12-14(24)21(2)3)18-9-7-11-23-16(25)22-10-6-5-8-13(22)20-23;/h4-12H2,1-3H3,(H2,17,18,19);1H. The number of aryl methyl sites for hydroxylation is 2. The first-order valence-electron chi connectivity index (χ1n) is 8.91. The molecular formula is C16H30IN7O2. The van der Waals surface area contributed by atoms with Gasteiger partial charge in [-0.25, -0.2) is 14.5 Å². The summed E-state index contributed by atoms with van der Waals surface area (Å²) in [7, 11) is 3.42. The zero-order valence-electron chi connectivity index (χ0n) is 15.8. The van der Waals surface area contributed by atoms with Gasteiger partial charge in [-0.05, 0) is 26.2 Å². The van der Waals surface area contributed by atoms with Gasteiger partial charge in [-0.3, -0.25) is 9.36 Å². The Balaban J connectivity index is 0.00000338. The highest BCUT2D eigenvalue weighted by molar-refractivity contribution is 14.0. The Morgan fingerprint density at radius 1 is 1.31 bits per heavy atom. The van der Waals surface area contributed by atoms with Crippen LogP contribution in [0, 0.1) is 0 Å². The number of fused-ring (bicyclic) bond motifs is 1. The molecule has 2 heterocycles. The lowest BCUT2D eigenvalue weighted by molar-refractivity contribution is -0.127. The summed E-state index contributed by atoms with van der Waals surface area (Å²) >= 11 is 0. The normalized spacial score (nSPS) is 13.6. The van der Waals surface area contributed by atoms with E-state index in [1.54, 1.807) is 23.3 Å². The largest absolute Gasteiger partial charge is 0.357 e. The van der Waals surface area contributed by atoms with E-state index < -0.39 is 0 Å². The topological polar surface area (TPSA) is 96.6 Å². The number of hydrogen-bond donors (Lipinski definition) is 2. The molecule has 0 fully saturated rings. The van der Waals surface area contributed by atoms with Gasteiger partial charge in [0.1, 0.15) is 12.4 Å². The summed E-state index contributed by atoms with van der Waals surface area (Å²) in [4.78, 5) is 29.6. The lowest BCUT2D eigenvalue weighted by atomic mass is 10.2. The smallest absolute Gasteiger partial charge is 0.345 e. The maximum Gasteiger partial charge on any atom is 0.345 e. The number of carbonyl (C=O) groups excluding carboxylic acids is 1. The van der Waals surface area contributed by atoms with Gasteiger partial charge in [0.15, 0.2) is 5.96 Å². The molecule has 0 saturated carbocycles. The van der Waals surface area contributed by atoms with Crippen LogP contribution >= 0.6 is 24.0 Å². The molecule has 148 valence electrons. The average Bonchev–Trinajstić information content (AvgIpc) is 2.92. The summed E-state index contributed by atoms with van der Waals surface area (Å²) in [6.45, 7) is 4.80. The van der Waals surface area contributed by atoms with Crippen molar-refractivity contribution in [2.45, 2.75) is 45.7 Å². The Hall–Kier alpha value is -1.59. The molecular weight excluding hydrogens is 449 g/mol. The minimum absolute atomic E-state index is 0. The number of aliphatic imine (C=N–C) groups is 1. The molecule has 1 aliphatic rings. The van der Waals surface area contributed by atoms with E-state index in [0.29, 0.717) is 19.0 Å². The fourth-order valence-electron chi connectivity index (χ4n) is 2.66. The Bertz CT molecular complexity index is 666. The third kappa shape index (κ3) is 6.29. The zero-order valence-corrected chi connectivity index (χ0v) is 18.2. The Morgan fingerprint density at radius 2 is 2.08 bits per heavy atom. The predicted molar refractivity (Wildman–Crippen MR) is 112 cm³/mol. The summed E-state index contributed by atoms with van der Waals surface area (Å²) in [5.41, 5.74) is -0.00754. The molecule has 9 nitrogen and oxygen atoms in total. The van der Waals surface area contributed by atoms with Gasteiger partial charge < -0.3 is 15.5 Å². The first kappa shape index (κ1) is 22.5. The van der Waals surface area contributed by atoms with Crippen molar-refractivity contribution in [1.82, 2.24) is 29.9 Å². The number of guanidine groups is 1. The summed E-state index contributed by atoms with van der Waals surface area (Å²) in [6.07, 6.45) is 3.79. The Kier molecular flexibility index (Phi) is 9.66. The number of halogens is 1. The van der Waals surface area contributed by atoms with Crippen molar-refractivity contribution in [3.8, 4) is 0 Å². The molecule has 0 radical (unpaired) electrons. The van der Waals surface area contributed by atoms with Gasteiger partial charge in [0.05, 0.1) is 0 Å². The van der Waals surface area contributed by atoms with E-state index in [9.17, 15) is 9.59 Å². The van der Waals surface area contributed by atoms with Crippen molar-refractivity contribution in [2.24, 2.45) is 4.99 Å². The van der Waals surface area contributed by atoms with Crippen LogP contribution in [0.25, 0.3) is 0 Å². The highest BCUT2D eigenvalue weighted by Gasteiger charge is 2.16. The second-order valence-electron chi connectivity index (χ2n) is 6.29. The maximum atomic E-state index is 12.3. The molecule has 2 N–H and O–H groups in total. The van der Waals surface area contributed by atoms with E-state index in [2.05, 4.69) is 20.7 Å². The quantitative estimate of drug-likeness (QED) is 0.249. The third-order valence-electron chi connectivity index (χ3n) is 4.09. The molecule has 1 aliphatic heterocycles. The number of carbonyl (C=O) groups is 1. The number of amides is 1. The van der Waals surface area contributed by atoms with Crippen LogP contribution in [0.3, 0.4) is 0 Å². The second kappa shape index (κ2) is 11.2. The number of nitrogens with one attached hydrogen (secondary N) is 2. The van der Waals surface area contributed by atoms with Gasteiger partial charge in [-0.1, -0.05) is 0 Å². The number of likely N-dealkylation sites (N-methyl/N-ethyl adjacent to an activating group) is 1. The molecule has 0 aromatic carbocycles. The van der Waals surface area contributed by atoms with Crippen molar-refractivity contribution >= 4 is 35.8 Å². The highest BCUT2D eigenvalue weighted by atomic mass is 127. The van der Waals surface area contributed by atoms with E-state index in [-0.39, 0.29) is 42.1 Å². The molecule has 10 heteroatoms. The number of aromatic nitrogens is 3. The second-order valence-corrected chi connectivity index (χ2v) is 6.29. The molecule has 0 saturated heterocycles. The molecule has 1 aromatic heterocycles. The van der Waals surface area contributed by atoms with Gasteiger partial charge in [0.25, 0.3) is 0 Å². The van der Waals surface area contributed by atoms with Crippen LogP contribution in [0.15, 0.2) is 9.79 Å². The highest BCUT2D eigenvalue weighted by Crippen LogP contribution is 2.09. The third-order valence-corrected chi connectivity index (χ3v) is 4.09. The molecule has 1 amide bonds. The lowest BCUT2D eigenvalue weighted by Gasteiger charge is -2.12. The maximum absolute atomic E-state index is 12.3.